The number of nitrogens with one attached hydrogen (secondary N) is 1. The molecule has 160 valence electrons. The first-order valence-corrected chi connectivity index (χ1v) is 10.5. The fraction of sp³-hybridized carbons (Fsp3) is 0.160. The number of nitrogens with two attached hydrogens (primary N) is 2. The van der Waals surface area contributed by atoms with Gasteiger partial charge in [-0.2, -0.15) is 0 Å². The van der Waals surface area contributed by atoms with Crippen molar-refractivity contribution in [3.05, 3.63) is 78.4 Å². The zero-order valence-electron chi connectivity index (χ0n) is 17.4. The number of anilines is 1. The zero-order valence-corrected chi connectivity index (χ0v) is 17.4. The molecule has 0 bridgehead atoms. The lowest BCUT2D eigenvalue weighted by Crippen LogP contribution is -2.40. The Kier molecular flexibility index (Phi) is 4.95. The Morgan fingerprint density at radius 3 is 2.28 bits per heavy atom. The van der Waals surface area contributed by atoms with E-state index in [1.54, 1.807) is 6.07 Å². The Hall–Kier alpha value is -3.97. The normalized spacial score (nSPS) is 14.5. The van der Waals surface area contributed by atoms with Crippen molar-refractivity contribution in [2.75, 3.05) is 5.43 Å². The van der Waals surface area contributed by atoms with Gasteiger partial charge in [0.05, 0.1) is 16.7 Å². The molecule has 7 heteroatoms. The van der Waals surface area contributed by atoms with Crippen molar-refractivity contribution < 1.29 is 9.53 Å². The maximum atomic E-state index is 11.4. The monoisotopic (exact) mass is 425 g/mol. The molecular weight excluding hydrogens is 402 g/mol. The SMILES string of the molecule is NNc1ccc2nc(-c3ccc(C4(OC(N)=O)CCC4)cc3)c(-c3ccccc3)cc2n1. The van der Waals surface area contributed by atoms with Crippen LogP contribution in [-0.4, -0.2) is 16.1 Å². The number of hydrogen-bond donors (Lipinski definition) is 3. The van der Waals surface area contributed by atoms with Crippen LogP contribution >= 0.6 is 0 Å². The molecule has 2 aromatic heterocycles. The van der Waals surface area contributed by atoms with Gasteiger partial charge in [0.1, 0.15) is 11.4 Å². The molecule has 0 radical (unpaired) electrons. The summed E-state index contributed by atoms with van der Waals surface area (Å²) >= 11 is 0. The quantitative estimate of drug-likeness (QED) is 0.315. The average molecular weight is 425 g/mol. The standard InChI is InChI=1S/C25H23N5O2/c26-24(31)32-25(13-4-14-25)18-9-7-17(8-10-18)23-19(16-5-2-1-3-6-16)15-21-20(29-23)11-12-22(28-21)30-27/h1-3,5-12,15H,4,13-14,27H2,(H2,26,31)(H,28,30). The zero-order chi connectivity index (χ0) is 22.1. The Labute approximate surface area is 185 Å². The van der Waals surface area contributed by atoms with Crippen LogP contribution in [0.25, 0.3) is 33.4 Å². The minimum Gasteiger partial charge on any atom is -0.438 e. The number of amides is 1. The molecule has 0 aliphatic heterocycles. The fourth-order valence-corrected chi connectivity index (χ4v) is 4.26. The number of fused-ring (bicyclic) bond motifs is 1. The molecule has 0 saturated heterocycles. The minimum atomic E-state index is -0.741. The van der Waals surface area contributed by atoms with Crippen molar-refractivity contribution in [3.63, 3.8) is 0 Å². The number of hydrazine groups is 1. The van der Waals surface area contributed by atoms with E-state index in [2.05, 4.69) is 22.5 Å². The highest BCUT2D eigenvalue weighted by Gasteiger charge is 2.42. The number of aromatic nitrogens is 2. The summed E-state index contributed by atoms with van der Waals surface area (Å²) in [5.41, 5.74) is 13.6. The molecule has 5 rings (SSSR count). The van der Waals surface area contributed by atoms with Crippen molar-refractivity contribution in [2.45, 2.75) is 24.9 Å². The van der Waals surface area contributed by atoms with Gasteiger partial charge >= 0.3 is 6.09 Å². The fourth-order valence-electron chi connectivity index (χ4n) is 4.26. The molecule has 0 unspecified atom stereocenters. The van der Waals surface area contributed by atoms with E-state index in [1.807, 2.05) is 54.6 Å². The summed E-state index contributed by atoms with van der Waals surface area (Å²) < 4.78 is 5.48. The van der Waals surface area contributed by atoms with Crippen molar-refractivity contribution in [1.82, 2.24) is 9.97 Å². The number of nitrogens with zero attached hydrogens (tertiary/aromatic N) is 2. The van der Waals surface area contributed by atoms with Crippen LogP contribution in [0.2, 0.25) is 0 Å². The summed E-state index contributed by atoms with van der Waals surface area (Å²) in [6.07, 6.45) is 1.82. The lowest BCUT2D eigenvalue weighted by Gasteiger charge is -2.40. The van der Waals surface area contributed by atoms with Gasteiger partial charge in [-0.05, 0) is 48.6 Å². The Bertz CT molecular complexity index is 1290. The molecule has 1 aliphatic carbocycles. The summed E-state index contributed by atoms with van der Waals surface area (Å²) in [4.78, 5) is 20.9. The van der Waals surface area contributed by atoms with Gasteiger partial charge in [-0.25, -0.2) is 20.6 Å². The average Bonchev–Trinajstić information content (AvgIpc) is 2.81. The highest BCUT2D eigenvalue weighted by molar-refractivity contribution is 5.90. The molecule has 1 amide bonds. The molecule has 1 aliphatic rings. The van der Waals surface area contributed by atoms with Gasteiger partial charge in [0.2, 0.25) is 0 Å². The van der Waals surface area contributed by atoms with Crippen LogP contribution in [0, 0.1) is 0 Å². The van der Waals surface area contributed by atoms with Crippen LogP contribution < -0.4 is 17.0 Å². The molecule has 1 saturated carbocycles. The first-order valence-electron chi connectivity index (χ1n) is 10.5. The predicted octanol–water partition coefficient (Wildman–Crippen LogP) is 4.72. The van der Waals surface area contributed by atoms with Gasteiger partial charge in [-0.15, -0.1) is 0 Å². The van der Waals surface area contributed by atoms with Gasteiger partial charge in [0.25, 0.3) is 0 Å². The van der Waals surface area contributed by atoms with E-state index >= 15 is 0 Å². The molecule has 2 heterocycles. The van der Waals surface area contributed by atoms with Crippen molar-refractivity contribution >= 4 is 22.9 Å². The third kappa shape index (κ3) is 3.52. The minimum absolute atomic E-state index is 0.579. The molecule has 7 nitrogen and oxygen atoms in total. The van der Waals surface area contributed by atoms with Gasteiger partial charge < -0.3 is 15.9 Å². The molecule has 1 fully saturated rings. The molecule has 5 N–H and O–H groups in total. The van der Waals surface area contributed by atoms with E-state index < -0.39 is 11.7 Å². The van der Waals surface area contributed by atoms with E-state index in [0.29, 0.717) is 5.82 Å². The highest BCUT2D eigenvalue weighted by Crippen LogP contribution is 2.45. The molecule has 32 heavy (non-hydrogen) atoms. The summed E-state index contributed by atoms with van der Waals surface area (Å²) in [6.45, 7) is 0. The summed E-state index contributed by atoms with van der Waals surface area (Å²) in [7, 11) is 0. The molecule has 0 spiro atoms. The Morgan fingerprint density at radius 1 is 0.906 bits per heavy atom. The lowest BCUT2D eigenvalue weighted by molar-refractivity contribution is -0.0489. The second kappa shape index (κ2) is 7.94. The first-order chi connectivity index (χ1) is 15.6. The van der Waals surface area contributed by atoms with Crippen LogP contribution in [0.15, 0.2) is 72.8 Å². The van der Waals surface area contributed by atoms with Crippen molar-refractivity contribution in [1.29, 1.82) is 0 Å². The van der Waals surface area contributed by atoms with Crippen LogP contribution in [0.5, 0.6) is 0 Å². The first kappa shape index (κ1) is 20.0. The second-order valence-corrected chi connectivity index (χ2v) is 7.98. The maximum Gasteiger partial charge on any atom is 0.405 e. The van der Waals surface area contributed by atoms with E-state index in [-0.39, 0.29) is 0 Å². The number of hydrogen-bond acceptors (Lipinski definition) is 6. The summed E-state index contributed by atoms with van der Waals surface area (Å²) in [5.74, 6) is 6.11. The third-order valence-electron chi connectivity index (χ3n) is 6.05. The van der Waals surface area contributed by atoms with Gasteiger partial charge in [0.15, 0.2) is 0 Å². The topological polar surface area (TPSA) is 116 Å². The van der Waals surface area contributed by atoms with Gasteiger partial charge in [-0.1, -0.05) is 54.6 Å². The van der Waals surface area contributed by atoms with Crippen LogP contribution in [-0.2, 0) is 10.3 Å². The maximum absolute atomic E-state index is 11.4. The number of rotatable bonds is 5. The van der Waals surface area contributed by atoms with E-state index in [0.717, 1.165) is 58.2 Å². The summed E-state index contributed by atoms with van der Waals surface area (Å²) in [6, 6.07) is 23.8. The number of nitrogen functional groups attached to an aromatic ring is 1. The number of primary amides is 1. The predicted molar refractivity (Wildman–Crippen MR) is 124 cm³/mol. The van der Waals surface area contributed by atoms with E-state index in [4.69, 9.17) is 21.3 Å². The lowest BCUT2D eigenvalue weighted by atomic mass is 9.74. The van der Waals surface area contributed by atoms with E-state index in [1.165, 1.54) is 0 Å². The smallest absolute Gasteiger partial charge is 0.405 e. The second-order valence-electron chi connectivity index (χ2n) is 7.98. The number of ether oxygens (including phenoxy) is 1. The van der Waals surface area contributed by atoms with Gasteiger partial charge in [-0.3, -0.25) is 0 Å². The highest BCUT2D eigenvalue weighted by atomic mass is 16.6. The molecule has 2 aromatic carbocycles. The number of pyridine rings is 2. The van der Waals surface area contributed by atoms with Crippen molar-refractivity contribution in [2.24, 2.45) is 11.6 Å². The molecule has 0 atom stereocenters. The van der Waals surface area contributed by atoms with Crippen LogP contribution in [0.1, 0.15) is 24.8 Å². The number of carbonyl (C=O) groups is 1. The number of benzene rings is 2. The Morgan fingerprint density at radius 2 is 1.66 bits per heavy atom. The van der Waals surface area contributed by atoms with Crippen LogP contribution in [0.3, 0.4) is 0 Å². The third-order valence-corrected chi connectivity index (χ3v) is 6.05. The summed E-state index contributed by atoms with van der Waals surface area (Å²) in [5, 5.41) is 0. The molecule has 4 aromatic rings. The van der Waals surface area contributed by atoms with E-state index in [9.17, 15) is 4.79 Å². The van der Waals surface area contributed by atoms with Gasteiger partial charge in [0, 0.05) is 11.1 Å². The number of carbonyl (C=O) groups excluding carboxylic acids is 1. The Balaban J connectivity index is 1.62. The van der Waals surface area contributed by atoms with Crippen molar-refractivity contribution in [3.8, 4) is 22.4 Å². The molecular formula is C25H23N5O2. The largest absolute Gasteiger partial charge is 0.438 e. The van der Waals surface area contributed by atoms with Crippen LogP contribution in [0.4, 0.5) is 10.6 Å².